The molecule has 11 heteroatoms. The Morgan fingerprint density at radius 3 is 1.83 bits per heavy atom. The van der Waals surface area contributed by atoms with Gasteiger partial charge in [0, 0.05) is 12.8 Å². The molecule has 0 aliphatic carbocycles. The van der Waals surface area contributed by atoms with Crippen LogP contribution in [-0.4, -0.2) is 65.7 Å². The van der Waals surface area contributed by atoms with E-state index in [0.717, 1.165) is 32.1 Å². The number of carbonyl (C=O) groups is 2. The SMILES string of the molecule is CC/C=C\C/C=C\C/C=C\C/C=C\C/C=C\CCCC(=O)OC(COC(=O)CCC)COP(=O)(O)OCC(O)CO. The van der Waals surface area contributed by atoms with Crippen LogP contribution in [-0.2, 0) is 32.7 Å². The molecule has 0 aliphatic heterocycles. The van der Waals surface area contributed by atoms with Crippen LogP contribution in [0.4, 0.5) is 0 Å². The smallest absolute Gasteiger partial charge is 0.462 e. The van der Waals surface area contributed by atoms with Gasteiger partial charge in [0.25, 0.3) is 0 Å². The number of unbranched alkanes of at least 4 members (excludes halogenated alkanes) is 1. The summed E-state index contributed by atoms with van der Waals surface area (Å²) in [4.78, 5) is 33.7. The molecule has 3 N–H and O–H groups in total. The molecule has 0 radical (unpaired) electrons. The van der Waals surface area contributed by atoms with Crippen LogP contribution in [0.3, 0.4) is 0 Å². The number of aliphatic hydroxyl groups excluding tert-OH is 2. The van der Waals surface area contributed by atoms with Crippen molar-refractivity contribution in [2.45, 2.75) is 90.3 Å². The number of carbonyl (C=O) groups excluding carboxylic acids is 2. The summed E-state index contributed by atoms with van der Waals surface area (Å²) in [5.41, 5.74) is 0. The summed E-state index contributed by atoms with van der Waals surface area (Å²) in [7, 11) is -4.60. The van der Waals surface area contributed by atoms with E-state index in [2.05, 4.69) is 60.1 Å². The van der Waals surface area contributed by atoms with Crippen molar-refractivity contribution in [3.05, 3.63) is 60.8 Å². The highest BCUT2D eigenvalue weighted by molar-refractivity contribution is 7.47. The maximum atomic E-state index is 12.3. The fourth-order valence-electron chi connectivity index (χ4n) is 3.00. The summed E-state index contributed by atoms with van der Waals surface area (Å²) < 4.78 is 31.7. The molecule has 0 spiro atoms. The first-order valence-corrected chi connectivity index (χ1v) is 15.7. The minimum Gasteiger partial charge on any atom is -0.462 e. The van der Waals surface area contributed by atoms with Crippen LogP contribution >= 0.6 is 7.82 Å². The minimum absolute atomic E-state index is 0.101. The van der Waals surface area contributed by atoms with E-state index in [1.807, 2.05) is 12.2 Å². The van der Waals surface area contributed by atoms with Gasteiger partial charge in [-0.25, -0.2) is 4.57 Å². The average Bonchev–Trinajstić information content (AvgIpc) is 2.95. The molecule has 0 saturated heterocycles. The Bertz CT molecular complexity index is 878. The molecule has 0 saturated carbocycles. The minimum atomic E-state index is -4.60. The van der Waals surface area contributed by atoms with Crippen molar-refractivity contribution in [3.63, 3.8) is 0 Å². The standard InChI is InChI=1S/C30H49O10P/c1-3-5-6-7-8-9-10-11-12-13-14-15-16-17-18-19-20-22-30(34)40-28(25-37-29(33)21-4-2)26-39-41(35,36)38-24-27(32)23-31/h5-6,8-9,11-12,14-15,17-18,27-28,31-32H,3-4,7,10,13,16,19-26H2,1-2H3,(H,35,36)/b6-5-,9-8-,12-11-,15-14-,18-17-. The Kier molecular flexibility index (Phi) is 25.1. The molecule has 0 aromatic carbocycles. The topological polar surface area (TPSA) is 149 Å². The molecule has 10 nitrogen and oxygen atoms in total. The molecular formula is C30H49O10P. The van der Waals surface area contributed by atoms with Gasteiger partial charge in [0.1, 0.15) is 12.7 Å². The van der Waals surface area contributed by atoms with E-state index in [4.69, 9.17) is 19.1 Å². The van der Waals surface area contributed by atoms with Crippen molar-refractivity contribution in [2.24, 2.45) is 0 Å². The first kappa shape index (κ1) is 38.7. The van der Waals surface area contributed by atoms with Crippen LogP contribution in [0.2, 0.25) is 0 Å². The summed E-state index contributed by atoms with van der Waals surface area (Å²) in [6.07, 6.45) is 25.3. The third kappa shape index (κ3) is 26.3. The molecule has 0 aromatic heterocycles. The fraction of sp³-hybridized carbons (Fsp3) is 0.600. The van der Waals surface area contributed by atoms with E-state index in [-0.39, 0.29) is 19.4 Å². The highest BCUT2D eigenvalue weighted by Gasteiger charge is 2.27. The monoisotopic (exact) mass is 600 g/mol. The molecule has 41 heavy (non-hydrogen) atoms. The number of esters is 2. The van der Waals surface area contributed by atoms with Crippen LogP contribution in [0.25, 0.3) is 0 Å². The van der Waals surface area contributed by atoms with Crippen molar-refractivity contribution in [2.75, 3.05) is 26.4 Å². The number of aliphatic hydroxyl groups is 2. The molecule has 0 rings (SSSR count). The zero-order chi connectivity index (χ0) is 30.6. The van der Waals surface area contributed by atoms with E-state index in [1.54, 1.807) is 6.92 Å². The lowest BCUT2D eigenvalue weighted by Gasteiger charge is -2.20. The summed E-state index contributed by atoms with van der Waals surface area (Å²) in [6, 6.07) is 0. The third-order valence-electron chi connectivity index (χ3n) is 5.16. The lowest BCUT2D eigenvalue weighted by atomic mass is 10.2. The number of phosphoric acid groups is 1. The Morgan fingerprint density at radius 2 is 1.29 bits per heavy atom. The molecule has 0 aliphatic rings. The van der Waals surface area contributed by atoms with Crippen LogP contribution in [0.15, 0.2) is 60.8 Å². The molecule has 0 bridgehead atoms. The molecule has 0 aromatic rings. The number of hydrogen-bond donors (Lipinski definition) is 3. The number of hydrogen-bond acceptors (Lipinski definition) is 9. The number of allylic oxidation sites excluding steroid dienone is 10. The first-order valence-electron chi connectivity index (χ1n) is 14.2. The molecule has 0 heterocycles. The van der Waals surface area contributed by atoms with Crippen molar-refractivity contribution >= 4 is 19.8 Å². The van der Waals surface area contributed by atoms with E-state index in [0.29, 0.717) is 19.3 Å². The van der Waals surface area contributed by atoms with E-state index >= 15 is 0 Å². The lowest BCUT2D eigenvalue weighted by molar-refractivity contribution is -0.161. The Labute approximate surface area is 245 Å². The predicted molar refractivity (Wildman–Crippen MR) is 159 cm³/mol. The van der Waals surface area contributed by atoms with Crippen LogP contribution in [0, 0.1) is 0 Å². The second kappa shape index (κ2) is 26.6. The zero-order valence-electron chi connectivity index (χ0n) is 24.5. The lowest BCUT2D eigenvalue weighted by Crippen LogP contribution is -2.29. The van der Waals surface area contributed by atoms with Crippen LogP contribution < -0.4 is 0 Å². The first-order chi connectivity index (χ1) is 19.7. The maximum Gasteiger partial charge on any atom is 0.472 e. The maximum absolute atomic E-state index is 12.3. The fourth-order valence-corrected chi connectivity index (χ4v) is 3.79. The largest absolute Gasteiger partial charge is 0.472 e. The van der Waals surface area contributed by atoms with Gasteiger partial charge >= 0.3 is 19.8 Å². The Morgan fingerprint density at radius 1 is 0.756 bits per heavy atom. The highest BCUT2D eigenvalue weighted by atomic mass is 31.2. The van der Waals surface area contributed by atoms with Gasteiger partial charge in [0.15, 0.2) is 6.10 Å². The summed E-state index contributed by atoms with van der Waals surface area (Å²) in [5, 5.41) is 18.0. The normalized spacial score (nSPS) is 15.3. The Hall–Kier alpha value is -2.33. The Balaban J connectivity index is 4.34. The van der Waals surface area contributed by atoms with Gasteiger partial charge in [-0.2, -0.15) is 0 Å². The number of ether oxygens (including phenoxy) is 2. The molecule has 0 fully saturated rings. The third-order valence-corrected chi connectivity index (χ3v) is 6.11. The molecule has 234 valence electrons. The van der Waals surface area contributed by atoms with Crippen molar-refractivity contribution in [3.8, 4) is 0 Å². The van der Waals surface area contributed by atoms with E-state index in [1.165, 1.54) is 0 Å². The van der Waals surface area contributed by atoms with Gasteiger partial charge < -0.3 is 24.6 Å². The quantitative estimate of drug-likeness (QED) is 0.0519. The van der Waals surface area contributed by atoms with Gasteiger partial charge in [-0.3, -0.25) is 18.6 Å². The van der Waals surface area contributed by atoms with Crippen molar-refractivity contribution < 1.29 is 47.8 Å². The molecule has 3 unspecified atom stereocenters. The van der Waals surface area contributed by atoms with Gasteiger partial charge in [-0.15, -0.1) is 0 Å². The second-order valence-electron chi connectivity index (χ2n) is 9.04. The van der Waals surface area contributed by atoms with Crippen LogP contribution in [0.5, 0.6) is 0 Å². The predicted octanol–water partition coefficient (Wildman–Crippen LogP) is 5.65. The average molecular weight is 601 g/mol. The molecular weight excluding hydrogens is 551 g/mol. The number of phosphoric ester groups is 1. The van der Waals surface area contributed by atoms with Crippen LogP contribution in [0.1, 0.15) is 78.1 Å². The van der Waals surface area contributed by atoms with Crippen molar-refractivity contribution in [1.82, 2.24) is 0 Å². The molecule has 0 amide bonds. The van der Waals surface area contributed by atoms with Gasteiger partial charge in [-0.1, -0.05) is 74.6 Å². The van der Waals surface area contributed by atoms with Gasteiger partial charge in [0.2, 0.25) is 0 Å². The summed E-state index contributed by atoms with van der Waals surface area (Å²) in [5.74, 6) is -1.07. The highest BCUT2D eigenvalue weighted by Crippen LogP contribution is 2.43. The van der Waals surface area contributed by atoms with E-state index in [9.17, 15) is 24.2 Å². The van der Waals surface area contributed by atoms with E-state index < -0.39 is 51.8 Å². The second-order valence-corrected chi connectivity index (χ2v) is 10.5. The summed E-state index contributed by atoms with van der Waals surface area (Å²) in [6.45, 7) is 1.72. The molecule has 3 atom stereocenters. The van der Waals surface area contributed by atoms with Crippen molar-refractivity contribution in [1.29, 1.82) is 0 Å². The van der Waals surface area contributed by atoms with Gasteiger partial charge in [0.05, 0.1) is 19.8 Å². The zero-order valence-corrected chi connectivity index (χ0v) is 25.4. The number of rotatable bonds is 25. The summed E-state index contributed by atoms with van der Waals surface area (Å²) >= 11 is 0. The van der Waals surface area contributed by atoms with Gasteiger partial charge in [-0.05, 0) is 51.4 Å².